The Morgan fingerprint density at radius 1 is 0.971 bits per heavy atom. The molecule has 3 rings (SSSR count). The third-order valence-electron chi connectivity index (χ3n) is 5.81. The molecule has 6 heteroatoms. The van der Waals surface area contributed by atoms with E-state index < -0.39 is 11.9 Å². The molecular weight excluding hydrogens is 495 g/mol. The number of halogens is 2. The fraction of sp³-hybridized carbons (Fsp3) is 0.286. The second kappa shape index (κ2) is 12.5. The van der Waals surface area contributed by atoms with Gasteiger partial charge in [-0.2, -0.15) is 0 Å². The largest absolute Gasteiger partial charge is 0.352 e. The predicted molar refractivity (Wildman–Crippen MR) is 137 cm³/mol. The van der Waals surface area contributed by atoms with Crippen LogP contribution in [-0.2, 0) is 29.0 Å². The van der Waals surface area contributed by atoms with Crippen molar-refractivity contribution < 1.29 is 14.0 Å². The average Bonchev–Trinajstić information content (AvgIpc) is 2.83. The number of benzene rings is 3. The molecule has 0 radical (unpaired) electrons. The van der Waals surface area contributed by atoms with Crippen molar-refractivity contribution in [1.29, 1.82) is 0 Å². The van der Waals surface area contributed by atoms with Crippen LogP contribution in [0.5, 0.6) is 0 Å². The van der Waals surface area contributed by atoms with E-state index in [-0.39, 0.29) is 30.8 Å². The van der Waals surface area contributed by atoms with E-state index in [1.54, 1.807) is 23.1 Å². The third kappa shape index (κ3) is 7.26. The molecule has 0 saturated heterocycles. The molecule has 2 atom stereocenters. The smallest absolute Gasteiger partial charge is 0.243 e. The first-order valence-corrected chi connectivity index (χ1v) is 12.3. The van der Waals surface area contributed by atoms with Gasteiger partial charge in [0, 0.05) is 23.5 Å². The Labute approximate surface area is 209 Å². The number of amides is 2. The maximum Gasteiger partial charge on any atom is 0.243 e. The predicted octanol–water partition coefficient (Wildman–Crippen LogP) is 5.69. The van der Waals surface area contributed by atoms with Crippen molar-refractivity contribution in [1.82, 2.24) is 10.2 Å². The van der Waals surface area contributed by atoms with Crippen LogP contribution in [0, 0.1) is 5.82 Å². The second-order valence-corrected chi connectivity index (χ2v) is 9.36. The number of nitrogens with zero attached hydrogens (tertiary/aromatic N) is 1. The Morgan fingerprint density at radius 3 is 2.32 bits per heavy atom. The molecule has 3 aromatic carbocycles. The van der Waals surface area contributed by atoms with Crippen LogP contribution in [0.15, 0.2) is 83.3 Å². The maximum absolute atomic E-state index is 14.4. The van der Waals surface area contributed by atoms with E-state index in [4.69, 9.17) is 0 Å². The van der Waals surface area contributed by atoms with Crippen molar-refractivity contribution in [2.45, 2.75) is 51.7 Å². The number of carbonyl (C=O) groups excluding carboxylic acids is 2. The number of nitrogens with one attached hydrogen (secondary N) is 1. The second-order valence-electron chi connectivity index (χ2n) is 8.44. The fourth-order valence-electron chi connectivity index (χ4n) is 3.73. The van der Waals surface area contributed by atoms with Gasteiger partial charge in [0.15, 0.2) is 0 Å². The monoisotopic (exact) mass is 524 g/mol. The molecule has 0 heterocycles. The van der Waals surface area contributed by atoms with E-state index >= 15 is 0 Å². The quantitative estimate of drug-likeness (QED) is 0.370. The number of carbonyl (C=O) groups is 2. The molecule has 0 saturated carbocycles. The molecule has 0 fully saturated rings. The first kappa shape index (κ1) is 25.6. The van der Waals surface area contributed by atoms with Crippen LogP contribution in [0.4, 0.5) is 4.39 Å². The summed E-state index contributed by atoms with van der Waals surface area (Å²) in [6.45, 7) is 4.18. The van der Waals surface area contributed by atoms with Gasteiger partial charge >= 0.3 is 0 Å². The van der Waals surface area contributed by atoms with Crippen LogP contribution in [0.2, 0.25) is 0 Å². The Bertz CT molecular complexity index is 1110. The van der Waals surface area contributed by atoms with Gasteiger partial charge in [0.05, 0.1) is 6.42 Å². The molecule has 0 aliphatic carbocycles. The summed E-state index contributed by atoms with van der Waals surface area (Å²) in [5.41, 5.74) is 2.14. The summed E-state index contributed by atoms with van der Waals surface area (Å²) in [6.07, 6.45) is 1.02. The first-order chi connectivity index (χ1) is 16.4. The van der Waals surface area contributed by atoms with Gasteiger partial charge in [0.25, 0.3) is 0 Å². The third-order valence-corrected chi connectivity index (χ3v) is 6.31. The van der Waals surface area contributed by atoms with Gasteiger partial charge in [-0.15, -0.1) is 0 Å². The highest BCUT2D eigenvalue weighted by Crippen LogP contribution is 2.20. The Hall–Kier alpha value is -2.99. The minimum Gasteiger partial charge on any atom is -0.352 e. The van der Waals surface area contributed by atoms with Crippen LogP contribution in [0.25, 0.3) is 0 Å². The minimum absolute atomic E-state index is 0.0276. The molecule has 34 heavy (non-hydrogen) atoms. The molecule has 0 aromatic heterocycles. The zero-order valence-electron chi connectivity index (χ0n) is 19.5. The summed E-state index contributed by atoms with van der Waals surface area (Å²) in [6, 6.07) is 22.8. The molecule has 1 N–H and O–H groups in total. The summed E-state index contributed by atoms with van der Waals surface area (Å²) < 4.78 is 15.2. The molecule has 0 unspecified atom stereocenters. The Balaban J connectivity index is 1.98. The van der Waals surface area contributed by atoms with E-state index in [0.29, 0.717) is 12.0 Å². The van der Waals surface area contributed by atoms with Crippen molar-refractivity contribution in [2.75, 3.05) is 0 Å². The summed E-state index contributed by atoms with van der Waals surface area (Å²) in [5.74, 6) is -0.942. The van der Waals surface area contributed by atoms with Gasteiger partial charge in [0.2, 0.25) is 11.8 Å². The normalized spacial score (nSPS) is 12.6. The topological polar surface area (TPSA) is 49.4 Å². The lowest BCUT2D eigenvalue weighted by atomic mass is 10.0. The van der Waals surface area contributed by atoms with Gasteiger partial charge in [-0.05, 0) is 48.2 Å². The summed E-state index contributed by atoms with van der Waals surface area (Å²) >= 11 is 3.48. The molecule has 0 aliphatic rings. The van der Waals surface area contributed by atoms with E-state index in [1.165, 1.54) is 6.07 Å². The Kier molecular flexibility index (Phi) is 9.40. The van der Waals surface area contributed by atoms with Crippen molar-refractivity contribution in [2.24, 2.45) is 0 Å². The van der Waals surface area contributed by atoms with Crippen molar-refractivity contribution >= 4 is 27.7 Å². The molecule has 0 bridgehead atoms. The van der Waals surface area contributed by atoms with E-state index in [9.17, 15) is 14.0 Å². The van der Waals surface area contributed by atoms with Crippen LogP contribution in [0.1, 0.15) is 37.0 Å². The summed E-state index contributed by atoms with van der Waals surface area (Å²) in [4.78, 5) is 28.6. The zero-order valence-corrected chi connectivity index (χ0v) is 21.1. The van der Waals surface area contributed by atoms with Crippen LogP contribution < -0.4 is 5.32 Å². The maximum atomic E-state index is 14.4. The Morgan fingerprint density at radius 2 is 1.65 bits per heavy atom. The van der Waals surface area contributed by atoms with Crippen molar-refractivity contribution in [3.63, 3.8) is 0 Å². The first-order valence-electron chi connectivity index (χ1n) is 11.5. The lowest BCUT2D eigenvalue weighted by Crippen LogP contribution is -2.52. The zero-order chi connectivity index (χ0) is 24.5. The highest BCUT2D eigenvalue weighted by molar-refractivity contribution is 9.10. The van der Waals surface area contributed by atoms with E-state index in [2.05, 4.69) is 21.2 Å². The molecule has 0 spiro atoms. The van der Waals surface area contributed by atoms with Crippen LogP contribution in [-0.4, -0.2) is 28.8 Å². The van der Waals surface area contributed by atoms with Crippen molar-refractivity contribution in [3.8, 4) is 0 Å². The molecular formula is C28H30BrFN2O2. The van der Waals surface area contributed by atoms with Gasteiger partial charge < -0.3 is 10.2 Å². The highest BCUT2D eigenvalue weighted by Gasteiger charge is 2.31. The van der Waals surface area contributed by atoms with Crippen molar-refractivity contribution in [3.05, 3.63) is 106 Å². The summed E-state index contributed by atoms with van der Waals surface area (Å²) in [7, 11) is 0. The fourth-order valence-corrected chi connectivity index (χ4v) is 4.18. The standard InChI is InChI=1S/C28H30BrFN2O2/c1-3-20(2)31-28(34)26(17-21-10-5-4-6-11-21)32(19-22-12-9-14-24(29)16-22)27(33)18-23-13-7-8-15-25(23)30/h4-16,20,26H,3,17-19H2,1-2H3,(H,31,34)/t20-,26-/m1/s1. The van der Waals surface area contributed by atoms with Gasteiger partial charge in [-0.3, -0.25) is 9.59 Å². The van der Waals surface area contributed by atoms with Gasteiger partial charge in [-0.1, -0.05) is 83.5 Å². The lowest BCUT2D eigenvalue weighted by Gasteiger charge is -2.32. The molecule has 178 valence electrons. The van der Waals surface area contributed by atoms with Gasteiger partial charge in [-0.25, -0.2) is 4.39 Å². The van der Waals surface area contributed by atoms with Crippen LogP contribution >= 0.6 is 15.9 Å². The van der Waals surface area contributed by atoms with Crippen LogP contribution in [0.3, 0.4) is 0 Å². The van der Waals surface area contributed by atoms with E-state index in [1.807, 2.05) is 68.4 Å². The SMILES string of the molecule is CC[C@@H](C)NC(=O)[C@@H](Cc1ccccc1)N(Cc1cccc(Br)c1)C(=O)Cc1ccccc1F. The average molecular weight is 525 g/mol. The number of hydrogen-bond donors (Lipinski definition) is 1. The minimum atomic E-state index is -0.741. The summed E-state index contributed by atoms with van der Waals surface area (Å²) in [5, 5.41) is 3.04. The molecule has 4 nitrogen and oxygen atoms in total. The van der Waals surface area contributed by atoms with E-state index in [0.717, 1.165) is 22.0 Å². The molecule has 0 aliphatic heterocycles. The van der Waals surface area contributed by atoms with Gasteiger partial charge in [0.1, 0.15) is 11.9 Å². The molecule has 3 aromatic rings. The lowest BCUT2D eigenvalue weighted by molar-refractivity contribution is -0.141. The molecule has 2 amide bonds. The number of rotatable bonds is 10. The number of hydrogen-bond acceptors (Lipinski definition) is 2. The highest BCUT2D eigenvalue weighted by atomic mass is 79.9.